The fourth-order valence-electron chi connectivity index (χ4n) is 5.10. The molecule has 0 spiro atoms. The Morgan fingerprint density at radius 3 is 2.61 bits per heavy atom. The molecule has 180 valence electrons. The smallest absolute Gasteiger partial charge is 0.257 e. The molecule has 0 unspecified atom stereocenters. The Labute approximate surface area is 208 Å². The van der Waals surface area contributed by atoms with Crippen LogP contribution in [0.4, 0.5) is 0 Å². The number of hydrogen-bond donors (Lipinski definition) is 2. The number of aromatic nitrogens is 2. The molecule has 6 rings (SSSR count). The van der Waals surface area contributed by atoms with Crippen LogP contribution in [0.3, 0.4) is 0 Å². The number of methoxy groups -OCH3 is 1. The van der Waals surface area contributed by atoms with Crippen LogP contribution < -0.4 is 15.4 Å². The summed E-state index contributed by atoms with van der Waals surface area (Å²) in [6, 6.07) is 19.3. The number of nitrogens with one attached hydrogen (secondary N) is 2. The van der Waals surface area contributed by atoms with E-state index in [0.29, 0.717) is 23.7 Å². The highest BCUT2D eigenvalue weighted by molar-refractivity contribution is 6.00. The first-order chi connectivity index (χ1) is 17.4. The molecule has 1 saturated heterocycles. The molecule has 0 radical (unpaired) electrons. The molecule has 0 saturated carbocycles. The van der Waals surface area contributed by atoms with Crippen LogP contribution in [0, 0.1) is 0 Å². The first-order valence-corrected chi connectivity index (χ1v) is 11.7. The first-order valence-electron chi connectivity index (χ1n) is 11.7. The van der Waals surface area contributed by atoms with Crippen molar-refractivity contribution in [3.05, 3.63) is 96.0 Å². The van der Waals surface area contributed by atoms with Gasteiger partial charge >= 0.3 is 0 Å². The molecule has 4 heterocycles. The predicted octanol–water partition coefficient (Wildman–Crippen LogP) is 3.29. The molecule has 2 aliphatic heterocycles. The molecule has 4 aromatic rings. The van der Waals surface area contributed by atoms with Crippen molar-refractivity contribution in [1.29, 1.82) is 0 Å². The summed E-state index contributed by atoms with van der Waals surface area (Å²) in [4.78, 5) is 33.0. The van der Waals surface area contributed by atoms with Gasteiger partial charge in [-0.3, -0.25) is 9.59 Å². The van der Waals surface area contributed by atoms with Crippen LogP contribution in [0.15, 0.2) is 79.3 Å². The maximum Gasteiger partial charge on any atom is 0.257 e. The van der Waals surface area contributed by atoms with Crippen molar-refractivity contribution in [2.75, 3.05) is 13.7 Å². The third-order valence-corrected chi connectivity index (χ3v) is 7.03. The van der Waals surface area contributed by atoms with E-state index in [4.69, 9.17) is 9.72 Å². The molecule has 2 aromatic heterocycles. The van der Waals surface area contributed by atoms with Gasteiger partial charge in [0.05, 0.1) is 25.2 Å². The average Bonchev–Trinajstić information content (AvgIpc) is 3.51. The van der Waals surface area contributed by atoms with Crippen molar-refractivity contribution in [1.82, 2.24) is 25.1 Å². The molecule has 2 aromatic carbocycles. The maximum absolute atomic E-state index is 13.3. The number of pyridine rings is 1. The zero-order chi connectivity index (χ0) is 25.0. The van der Waals surface area contributed by atoms with Crippen molar-refractivity contribution < 1.29 is 14.3 Å². The molecule has 1 fully saturated rings. The number of nitrogens with zero attached hydrogens (tertiary/aromatic N) is 3. The van der Waals surface area contributed by atoms with Gasteiger partial charge in [0, 0.05) is 36.3 Å². The Bertz CT molecular complexity index is 1560. The number of hydrogen-bond acceptors (Lipinski definition) is 5. The van der Waals surface area contributed by atoms with Gasteiger partial charge in [0.25, 0.3) is 11.8 Å². The molecule has 0 bridgehead atoms. The second-order valence-electron chi connectivity index (χ2n) is 9.26. The van der Waals surface area contributed by atoms with Crippen molar-refractivity contribution in [3.8, 4) is 17.0 Å². The number of benzene rings is 2. The summed E-state index contributed by atoms with van der Waals surface area (Å²) in [5.74, 6) is 0.657. The van der Waals surface area contributed by atoms with E-state index in [2.05, 4.69) is 23.3 Å². The van der Waals surface area contributed by atoms with Crippen LogP contribution >= 0.6 is 0 Å². The van der Waals surface area contributed by atoms with Gasteiger partial charge in [-0.15, -0.1) is 0 Å². The number of aryl methyl sites for hydroxylation is 1. The SMILES string of the molecule is C=C1NC(=O)[C@@](CN2Cc3ccc(OC)cc3C2=O)(c2ccc(-c3ccc4ccn(C)c4n3)cc2)N1. The van der Waals surface area contributed by atoms with Gasteiger partial charge in [0.1, 0.15) is 11.4 Å². The highest BCUT2D eigenvalue weighted by Crippen LogP contribution is 2.34. The lowest BCUT2D eigenvalue weighted by atomic mass is 9.88. The quantitative estimate of drug-likeness (QED) is 0.459. The van der Waals surface area contributed by atoms with Crippen LogP contribution in [0.2, 0.25) is 0 Å². The molecule has 2 aliphatic rings. The number of carbonyl (C=O) groups excluding carboxylic acids is 2. The van der Waals surface area contributed by atoms with E-state index < -0.39 is 5.54 Å². The number of fused-ring (bicyclic) bond motifs is 2. The van der Waals surface area contributed by atoms with Crippen LogP contribution in [0.5, 0.6) is 5.75 Å². The van der Waals surface area contributed by atoms with Crippen molar-refractivity contribution >= 4 is 22.8 Å². The Morgan fingerprint density at radius 1 is 1.08 bits per heavy atom. The molecule has 36 heavy (non-hydrogen) atoms. The Balaban J connectivity index is 1.33. The normalized spacial score (nSPS) is 18.9. The van der Waals surface area contributed by atoms with Gasteiger partial charge in [-0.25, -0.2) is 4.98 Å². The third-order valence-electron chi connectivity index (χ3n) is 7.03. The van der Waals surface area contributed by atoms with E-state index in [1.807, 2.05) is 66.3 Å². The van der Waals surface area contributed by atoms with Gasteiger partial charge in [-0.05, 0) is 41.5 Å². The Morgan fingerprint density at radius 2 is 1.89 bits per heavy atom. The molecular formula is C28H25N5O3. The highest BCUT2D eigenvalue weighted by Gasteiger charge is 2.48. The van der Waals surface area contributed by atoms with Gasteiger partial charge in [-0.1, -0.05) is 36.9 Å². The van der Waals surface area contributed by atoms with E-state index >= 15 is 0 Å². The summed E-state index contributed by atoms with van der Waals surface area (Å²) >= 11 is 0. The van der Waals surface area contributed by atoms with Crippen LogP contribution in [-0.4, -0.2) is 39.9 Å². The lowest BCUT2D eigenvalue weighted by molar-refractivity contribution is -0.124. The van der Waals surface area contributed by atoms with Crippen LogP contribution in [0.1, 0.15) is 21.5 Å². The zero-order valence-electron chi connectivity index (χ0n) is 20.0. The third kappa shape index (κ3) is 3.33. The minimum absolute atomic E-state index is 0.132. The van der Waals surface area contributed by atoms with Gasteiger partial charge in [-0.2, -0.15) is 0 Å². The van der Waals surface area contributed by atoms with Gasteiger partial charge in [0.2, 0.25) is 0 Å². The summed E-state index contributed by atoms with van der Waals surface area (Å²) in [7, 11) is 3.54. The lowest BCUT2D eigenvalue weighted by Crippen LogP contribution is -2.52. The lowest BCUT2D eigenvalue weighted by Gasteiger charge is -2.32. The number of rotatable bonds is 5. The summed E-state index contributed by atoms with van der Waals surface area (Å²) in [6.45, 7) is 4.47. The molecule has 8 heteroatoms. The molecule has 2 amide bonds. The Kier molecular flexibility index (Phi) is 4.86. The Hall–Kier alpha value is -4.59. The van der Waals surface area contributed by atoms with Gasteiger partial charge < -0.3 is 24.8 Å². The molecule has 2 N–H and O–H groups in total. The van der Waals surface area contributed by atoms with Crippen LogP contribution in [0.25, 0.3) is 22.3 Å². The molecule has 0 aliphatic carbocycles. The second kappa shape index (κ2) is 7.98. The second-order valence-corrected chi connectivity index (χ2v) is 9.26. The minimum atomic E-state index is -1.16. The molecular weight excluding hydrogens is 454 g/mol. The van der Waals surface area contributed by atoms with E-state index in [1.165, 1.54) is 0 Å². The van der Waals surface area contributed by atoms with Crippen molar-refractivity contribution in [3.63, 3.8) is 0 Å². The molecule has 8 nitrogen and oxygen atoms in total. The first kappa shape index (κ1) is 21.9. The van der Waals surface area contributed by atoms with Crippen LogP contribution in [-0.2, 0) is 23.9 Å². The fourth-order valence-corrected chi connectivity index (χ4v) is 5.10. The standard InChI is InChI=1S/C28H25N5O3/c1-17-29-27(35)28(31-17,16-33-15-20-6-10-22(36-3)14-23(20)26(33)34)21-8-4-18(5-9-21)24-11-7-19-12-13-32(2)25(19)30-24/h4-14,31H,1,15-16H2,2-3H3,(H,29,35)/t28-/m1/s1. The number of carbonyl (C=O) groups is 2. The number of ether oxygens (including phenoxy) is 1. The van der Waals surface area contributed by atoms with E-state index in [1.54, 1.807) is 18.1 Å². The largest absolute Gasteiger partial charge is 0.497 e. The summed E-state index contributed by atoms with van der Waals surface area (Å²) in [5.41, 5.74) is 3.77. The molecule has 1 atom stereocenters. The summed E-state index contributed by atoms with van der Waals surface area (Å²) in [6.07, 6.45) is 1.99. The summed E-state index contributed by atoms with van der Waals surface area (Å²) in [5, 5.41) is 7.09. The van der Waals surface area contributed by atoms with E-state index in [9.17, 15) is 9.59 Å². The minimum Gasteiger partial charge on any atom is -0.497 e. The topological polar surface area (TPSA) is 88.5 Å². The summed E-state index contributed by atoms with van der Waals surface area (Å²) < 4.78 is 7.27. The number of amides is 2. The van der Waals surface area contributed by atoms with Crippen molar-refractivity contribution in [2.24, 2.45) is 7.05 Å². The average molecular weight is 480 g/mol. The van der Waals surface area contributed by atoms with Gasteiger partial charge in [0.15, 0.2) is 5.54 Å². The van der Waals surface area contributed by atoms with E-state index in [-0.39, 0.29) is 18.4 Å². The highest BCUT2D eigenvalue weighted by atomic mass is 16.5. The van der Waals surface area contributed by atoms with E-state index in [0.717, 1.165) is 33.4 Å². The fraction of sp³-hybridized carbons (Fsp3) is 0.179. The maximum atomic E-state index is 13.3. The monoisotopic (exact) mass is 479 g/mol. The predicted molar refractivity (Wildman–Crippen MR) is 136 cm³/mol. The van der Waals surface area contributed by atoms with Crippen molar-refractivity contribution in [2.45, 2.75) is 12.1 Å². The zero-order valence-corrected chi connectivity index (χ0v) is 20.0.